The van der Waals surface area contributed by atoms with E-state index in [1.807, 2.05) is 4.90 Å². The number of aliphatic carboxylic acids is 1. The highest BCUT2D eigenvalue weighted by molar-refractivity contribution is 5.74. The van der Waals surface area contributed by atoms with Gasteiger partial charge in [0.1, 0.15) is 23.5 Å². The third-order valence-corrected chi connectivity index (χ3v) is 8.53. The van der Waals surface area contributed by atoms with Gasteiger partial charge >= 0.3 is 12.1 Å². The van der Waals surface area contributed by atoms with E-state index in [0.29, 0.717) is 50.7 Å². The number of aryl methyl sites for hydroxylation is 1. The Hall–Kier alpha value is -4.79. The second-order valence-corrected chi connectivity index (χ2v) is 11.8. The maximum Gasteiger partial charge on any atom is 0.429 e. The highest BCUT2D eigenvalue weighted by Crippen LogP contribution is 2.43. The molecule has 4 N–H and O–H groups in total. The highest BCUT2D eigenvalue weighted by Gasteiger charge is 2.46. The number of benzene rings is 2. The van der Waals surface area contributed by atoms with Crippen LogP contribution in [0.5, 0.6) is 5.88 Å². The number of rotatable bonds is 7. The number of carboxylic acid groups (broad SMARTS) is 1. The maximum absolute atomic E-state index is 14.7. The number of nitrogens with zero attached hydrogens (tertiary/aromatic N) is 5. The molecule has 0 amide bonds. The first-order valence-corrected chi connectivity index (χ1v) is 14.5. The number of anilines is 2. The Kier molecular flexibility index (Phi) is 8.04. The van der Waals surface area contributed by atoms with Crippen molar-refractivity contribution in [1.82, 2.24) is 25.1 Å². The Morgan fingerprint density at radius 3 is 2.39 bits per heavy atom. The molecule has 2 aromatic heterocycles. The molecule has 0 saturated carbocycles. The van der Waals surface area contributed by atoms with Gasteiger partial charge in [0.05, 0.1) is 11.4 Å². The number of aromatic nitrogens is 4. The summed E-state index contributed by atoms with van der Waals surface area (Å²) < 4.78 is 79.0. The van der Waals surface area contributed by atoms with Crippen LogP contribution in [-0.2, 0) is 4.79 Å². The number of nitrogens with one attached hydrogen (secondary N) is 1. The lowest BCUT2D eigenvalue weighted by Crippen LogP contribution is -2.41. The summed E-state index contributed by atoms with van der Waals surface area (Å²) >= 11 is 0. The van der Waals surface area contributed by atoms with Gasteiger partial charge in [0.25, 0.3) is 0 Å². The summed E-state index contributed by atoms with van der Waals surface area (Å²) in [5, 5.41) is 16.7. The summed E-state index contributed by atoms with van der Waals surface area (Å²) in [4.78, 5) is 21.5. The number of nitrogens with two attached hydrogens (primary N) is 1. The van der Waals surface area contributed by atoms with Crippen molar-refractivity contribution in [2.75, 3.05) is 30.3 Å². The molecule has 2 aliphatic heterocycles. The number of piperidine rings is 1. The van der Waals surface area contributed by atoms with Crippen LogP contribution in [0, 0.1) is 24.0 Å². The molecule has 4 aromatic rings. The van der Waals surface area contributed by atoms with E-state index in [2.05, 4.69) is 20.4 Å². The fraction of sp³-hybridized carbons (Fsp3) is 0.355. The lowest BCUT2D eigenvalue weighted by molar-refractivity contribution is -0.198. The van der Waals surface area contributed by atoms with Crippen molar-refractivity contribution in [3.63, 3.8) is 0 Å². The Morgan fingerprint density at radius 2 is 1.78 bits per heavy atom. The second-order valence-electron chi connectivity index (χ2n) is 11.8. The second kappa shape index (κ2) is 11.9. The van der Waals surface area contributed by atoms with Crippen LogP contribution in [0.1, 0.15) is 36.6 Å². The lowest BCUT2D eigenvalue weighted by atomic mass is 9.76. The molecule has 0 bridgehead atoms. The molecular formula is C31H30F5N7O3. The van der Waals surface area contributed by atoms with Crippen molar-refractivity contribution in [1.29, 1.82) is 0 Å². The van der Waals surface area contributed by atoms with Gasteiger partial charge in [-0.3, -0.25) is 4.79 Å². The number of hydrogen-bond donors (Lipinski definition) is 3. The summed E-state index contributed by atoms with van der Waals surface area (Å²) in [6.07, 6.45) is -4.19. The third kappa shape index (κ3) is 6.45. The minimum Gasteiger partial charge on any atom is -0.480 e. The van der Waals surface area contributed by atoms with Gasteiger partial charge in [0, 0.05) is 43.5 Å². The van der Waals surface area contributed by atoms with Crippen LogP contribution in [0.4, 0.5) is 33.7 Å². The number of carbonyl (C=O) groups is 1. The molecule has 2 fully saturated rings. The van der Waals surface area contributed by atoms with Crippen molar-refractivity contribution in [3.05, 3.63) is 77.6 Å². The van der Waals surface area contributed by atoms with E-state index < -0.39 is 41.8 Å². The topological polar surface area (TPSA) is 131 Å². The van der Waals surface area contributed by atoms with Crippen molar-refractivity contribution in [2.24, 2.45) is 5.41 Å². The van der Waals surface area contributed by atoms with Crippen molar-refractivity contribution in [2.45, 2.75) is 44.5 Å². The zero-order chi connectivity index (χ0) is 32.8. The minimum atomic E-state index is -4.93. The number of halogens is 5. The van der Waals surface area contributed by atoms with E-state index in [9.17, 15) is 31.9 Å². The Balaban J connectivity index is 1.31. The Morgan fingerprint density at radius 1 is 1.07 bits per heavy atom. The molecule has 2 aliphatic rings. The molecule has 242 valence electrons. The quantitative estimate of drug-likeness (QED) is 0.232. The standard InChI is InChI=1S/C31H30F5N7O3/c1-17-4-7-43(41-17)24-12-18(19-10-20(32)13-21(33)11-19)2-3-22(24)27(31(34,35)36)46-26-14-25(39-29(37)40-26)42-8-5-30(6-9-42)15-23(28(44)45)38-16-30/h2-4,7,10-14,23,27,38H,5-6,8-9,15-16H2,1H3,(H,44,45)(H2,37,39,40)/t23-,27+/m0/s1. The molecule has 1 spiro atoms. The number of ether oxygens (including phenoxy) is 1. The zero-order valence-corrected chi connectivity index (χ0v) is 24.6. The normalized spacial score (nSPS) is 18.6. The minimum absolute atomic E-state index is 0.0222. The molecule has 4 heterocycles. The van der Waals surface area contributed by atoms with Crippen LogP contribution < -0.4 is 20.7 Å². The van der Waals surface area contributed by atoms with Gasteiger partial charge in [-0.15, -0.1) is 0 Å². The summed E-state index contributed by atoms with van der Waals surface area (Å²) in [5.74, 6) is -2.97. The molecule has 2 saturated heterocycles. The van der Waals surface area contributed by atoms with Gasteiger partial charge in [-0.05, 0) is 67.0 Å². The van der Waals surface area contributed by atoms with E-state index in [-0.39, 0.29) is 39.6 Å². The molecule has 2 atom stereocenters. The Labute approximate surface area is 260 Å². The van der Waals surface area contributed by atoms with Crippen LogP contribution >= 0.6 is 0 Å². The fourth-order valence-electron chi connectivity index (χ4n) is 6.18. The lowest BCUT2D eigenvalue weighted by Gasteiger charge is -2.39. The monoisotopic (exact) mass is 643 g/mol. The third-order valence-electron chi connectivity index (χ3n) is 8.53. The van der Waals surface area contributed by atoms with Crippen LogP contribution in [0.3, 0.4) is 0 Å². The molecule has 0 radical (unpaired) electrons. The van der Waals surface area contributed by atoms with E-state index in [1.54, 1.807) is 13.0 Å². The van der Waals surface area contributed by atoms with Gasteiger partial charge in [0.15, 0.2) is 0 Å². The molecule has 2 aromatic carbocycles. The van der Waals surface area contributed by atoms with Gasteiger partial charge in [-0.1, -0.05) is 12.1 Å². The molecule has 0 unspecified atom stereocenters. The highest BCUT2D eigenvalue weighted by atomic mass is 19.4. The molecule has 6 rings (SSSR count). The molecule has 10 nitrogen and oxygen atoms in total. The van der Waals surface area contributed by atoms with Gasteiger partial charge in [-0.2, -0.15) is 28.2 Å². The molecule has 0 aliphatic carbocycles. The number of alkyl halides is 3. The summed E-state index contributed by atoms with van der Waals surface area (Å²) in [7, 11) is 0. The smallest absolute Gasteiger partial charge is 0.429 e. The number of hydrogen-bond acceptors (Lipinski definition) is 8. The maximum atomic E-state index is 14.7. The van der Waals surface area contributed by atoms with E-state index in [4.69, 9.17) is 10.5 Å². The zero-order valence-electron chi connectivity index (χ0n) is 24.6. The van der Waals surface area contributed by atoms with Crippen LogP contribution in [0.25, 0.3) is 16.8 Å². The summed E-state index contributed by atoms with van der Waals surface area (Å²) in [6, 6.07) is 9.00. The van der Waals surface area contributed by atoms with Crippen LogP contribution in [0.2, 0.25) is 0 Å². The van der Waals surface area contributed by atoms with Gasteiger partial charge < -0.3 is 25.8 Å². The van der Waals surface area contributed by atoms with Crippen LogP contribution in [-0.4, -0.2) is 62.7 Å². The van der Waals surface area contributed by atoms with E-state index in [0.717, 1.165) is 12.1 Å². The van der Waals surface area contributed by atoms with E-state index in [1.165, 1.54) is 35.1 Å². The Bertz CT molecular complexity index is 1750. The van der Waals surface area contributed by atoms with Crippen molar-refractivity contribution in [3.8, 4) is 22.7 Å². The first-order chi connectivity index (χ1) is 21.8. The summed E-state index contributed by atoms with van der Waals surface area (Å²) in [6.45, 7) is 3.20. The number of nitrogen functional groups attached to an aromatic ring is 1. The number of carboxylic acids is 1. The average Bonchev–Trinajstić information content (AvgIpc) is 3.61. The first-order valence-electron chi connectivity index (χ1n) is 14.5. The van der Waals surface area contributed by atoms with Crippen molar-refractivity contribution < 1.29 is 36.6 Å². The fourth-order valence-corrected chi connectivity index (χ4v) is 6.18. The molecule has 46 heavy (non-hydrogen) atoms. The molecule has 15 heteroatoms. The van der Waals surface area contributed by atoms with Gasteiger partial charge in [-0.25, -0.2) is 13.5 Å². The van der Waals surface area contributed by atoms with E-state index >= 15 is 0 Å². The van der Waals surface area contributed by atoms with Gasteiger partial charge in [0.2, 0.25) is 17.9 Å². The summed E-state index contributed by atoms with van der Waals surface area (Å²) in [5.41, 5.74) is 6.31. The largest absolute Gasteiger partial charge is 0.480 e. The SMILES string of the molecule is Cc1ccn(-c2cc(-c3cc(F)cc(F)c3)ccc2[C@@H](Oc2cc(N3CCC4(CC3)CN[C@H](C(=O)O)C4)nc(N)n2)C(F)(F)F)n1. The molecular weight excluding hydrogens is 613 g/mol. The van der Waals surface area contributed by atoms with Crippen LogP contribution in [0.15, 0.2) is 54.7 Å². The first kappa shape index (κ1) is 31.2. The predicted octanol–water partition coefficient (Wildman–Crippen LogP) is 5.21. The average molecular weight is 644 g/mol. The predicted molar refractivity (Wildman–Crippen MR) is 157 cm³/mol. The van der Waals surface area contributed by atoms with Crippen molar-refractivity contribution >= 4 is 17.7 Å².